The van der Waals surface area contributed by atoms with Crippen molar-refractivity contribution in [1.82, 2.24) is 5.32 Å². The van der Waals surface area contributed by atoms with E-state index >= 15 is 0 Å². The van der Waals surface area contributed by atoms with Crippen LogP contribution in [0.15, 0.2) is 24.5 Å². The maximum Gasteiger partial charge on any atom is 0.330 e. The first-order valence-electron chi connectivity index (χ1n) is 4.61. The van der Waals surface area contributed by atoms with Crippen LogP contribution in [0.25, 0.3) is 0 Å². The molecule has 86 valence electrons. The number of ether oxygens (including phenoxy) is 1. The summed E-state index contributed by atoms with van der Waals surface area (Å²) < 4.78 is 5.18. The molecule has 1 atom stereocenters. The Balaban J connectivity index is 0.000000288. The fraction of sp³-hybridized carbons (Fsp3) is 0.500. The third-order valence-electron chi connectivity index (χ3n) is 1.61. The van der Waals surface area contributed by atoms with Crippen molar-refractivity contribution in [3.05, 3.63) is 24.5 Å². The van der Waals surface area contributed by atoms with Gasteiger partial charge in [0, 0.05) is 18.5 Å². The lowest BCUT2D eigenvalue weighted by atomic mass is 10.4. The van der Waals surface area contributed by atoms with Crippen LogP contribution in [0.4, 0.5) is 0 Å². The Labute approximate surface area is 89.1 Å². The molecule has 1 saturated heterocycles. The van der Waals surface area contributed by atoms with Gasteiger partial charge in [-0.25, -0.2) is 4.79 Å². The fourth-order valence-electron chi connectivity index (χ4n) is 0.816. The van der Waals surface area contributed by atoms with Crippen molar-refractivity contribution < 1.29 is 19.7 Å². The second-order valence-electron chi connectivity index (χ2n) is 3.02. The van der Waals surface area contributed by atoms with Crippen LogP contribution in [0.5, 0.6) is 0 Å². The number of aliphatic hydroxyl groups is 1. The van der Waals surface area contributed by atoms with Gasteiger partial charge in [-0.05, 0) is 13.0 Å². The van der Waals surface area contributed by atoms with Crippen LogP contribution in [0.3, 0.4) is 0 Å². The monoisotopic (exact) mass is 215 g/mol. The van der Waals surface area contributed by atoms with Gasteiger partial charge >= 0.3 is 5.97 Å². The van der Waals surface area contributed by atoms with E-state index in [1.807, 2.05) is 0 Å². The van der Waals surface area contributed by atoms with Crippen LogP contribution in [-0.2, 0) is 9.53 Å². The molecule has 15 heavy (non-hydrogen) atoms. The molecular weight excluding hydrogens is 198 g/mol. The third kappa shape index (κ3) is 7.72. The van der Waals surface area contributed by atoms with Crippen LogP contribution in [0.1, 0.15) is 13.3 Å². The summed E-state index contributed by atoms with van der Waals surface area (Å²) in [6.07, 6.45) is 3.58. The molecule has 5 heteroatoms. The second kappa shape index (κ2) is 8.02. The Morgan fingerprint density at radius 3 is 2.67 bits per heavy atom. The number of carboxylic acid groups (broad SMARTS) is 1. The molecule has 0 aromatic heterocycles. The van der Waals surface area contributed by atoms with E-state index in [-0.39, 0.29) is 11.8 Å². The van der Waals surface area contributed by atoms with Crippen molar-refractivity contribution in [3.63, 3.8) is 0 Å². The van der Waals surface area contributed by atoms with Crippen molar-refractivity contribution in [3.8, 4) is 0 Å². The van der Waals surface area contributed by atoms with Gasteiger partial charge in [0.1, 0.15) is 6.23 Å². The predicted molar refractivity (Wildman–Crippen MR) is 56.6 cm³/mol. The molecule has 1 rings (SSSR count). The molecule has 0 spiro atoms. The Kier molecular flexibility index (Phi) is 7.31. The average molecular weight is 215 g/mol. The lowest BCUT2D eigenvalue weighted by molar-refractivity contribution is -0.132. The predicted octanol–water partition coefficient (Wildman–Crippen LogP) is 1.04. The Bertz CT molecular complexity index is 220. The topological polar surface area (TPSA) is 78.8 Å². The van der Waals surface area contributed by atoms with Gasteiger partial charge in [0.05, 0.1) is 12.9 Å². The van der Waals surface area contributed by atoms with E-state index in [1.54, 1.807) is 6.08 Å². The average Bonchev–Trinajstić information content (AvgIpc) is 2.68. The van der Waals surface area contributed by atoms with Crippen LogP contribution in [0.2, 0.25) is 0 Å². The second-order valence-corrected chi connectivity index (χ2v) is 3.02. The summed E-state index contributed by atoms with van der Waals surface area (Å²) in [5.41, 5.74) is 0.176. The van der Waals surface area contributed by atoms with Gasteiger partial charge < -0.3 is 14.9 Å². The molecule has 3 N–H and O–H groups in total. The third-order valence-corrected chi connectivity index (χ3v) is 1.61. The highest BCUT2D eigenvalue weighted by Gasteiger charge is 2.11. The fourth-order valence-corrected chi connectivity index (χ4v) is 0.816. The molecule has 1 aliphatic heterocycles. The van der Waals surface area contributed by atoms with E-state index in [0.717, 1.165) is 25.8 Å². The molecule has 0 aliphatic carbocycles. The Morgan fingerprint density at radius 1 is 1.73 bits per heavy atom. The number of carboxylic acids is 1. The van der Waals surface area contributed by atoms with E-state index < -0.39 is 5.97 Å². The largest absolute Gasteiger partial charge is 0.516 e. The number of carbonyl (C=O) groups is 1. The number of nitrogens with one attached hydrogen (secondary N) is 1. The number of aliphatic carboxylic acids is 1. The van der Waals surface area contributed by atoms with Crippen LogP contribution in [-0.4, -0.2) is 35.6 Å². The molecule has 0 bridgehead atoms. The van der Waals surface area contributed by atoms with Gasteiger partial charge in [0.15, 0.2) is 0 Å². The minimum absolute atomic E-state index is 0.119. The van der Waals surface area contributed by atoms with Gasteiger partial charge in [0.25, 0.3) is 0 Å². The smallest absolute Gasteiger partial charge is 0.330 e. The van der Waals surface area contributed by atoms with Crippen molar-refractivity contribution in [1.29, 1.82) is 0 Å². The Hall–Kier alpha value is -1.33. The van der Waals surface area contributed by atoms with Crippen molar-refractivity contribution >= 4 is 5.97 Å². The van der Waals surface area contributed by atoms with E-state index in [2.05, 4.69) is 11.9 Å². The molecule has 1 aliphatic rings. The highest BCUT2D eigenvalue weighted by molar-refractivity contribution is 5.84. The number of rotatable bonds is 3. The normalized spacial score (nSPS) is 19.7. The van der Waals surface area contributed by atoms with E-state index in [4.69, 9.17) is 14.9 Å². The van der Waals surface area contributed by atoms with Crippen LogP contribution >= 0.6 is 0 Å². The van der Waals surface area contributed by atoms with Crippen LogP contribution in [0, 0.1) is 0 Å². The van der Waals surface area contributed by atoms with Crippen LogP contribution < -0.4 is 5.32 Å². The molecular formula is C10H17NO4. The first kappa shape index (κ1) is 13.7. The number of hydrogen-bond acceptors (Lipinski definition) is 4. The van der Waals surface area contributed by atoms with Gasteiger partial charge in [-0.2, -0.15) is 0 Å². The zero-order chi connectivity index (χ0) is 11.7. The molecule has 1 fully saturated rings. The molecule has 0 amide bonds. The first-order valence-corrected chi connectivity index (χ1v) is 4.61. The van der Waals surface area contributed by atoms with Gasteiger partial charge in [-0.1, -0.05) is 6.58 Å². The zero-order valence-corrected chi connectivity index (χ0v) is 8.77. The van der Waals surface area contributed by atoms with Crippen molar-refractivity contribution in [2.24, 2.45) is 0 Å². The summed E-state index contributed by atoms with van der Waals surface area (Å²) in [6.45, 7) is 6.30. The SMILES string of the molecule is C=C(C)C(=O)O.OC=CCC1NCCO1. The lowest BCUT2D eigenvalue weighted by Crippen LogP contribution is -2.21. The van der Waals surface area contributed by atoms with Crippen molar-refractivity contribution in [2.45, 2.75) is 19.6 Å². The zero-order valence-electron chi connectivity index (χ0n) is 8.77. The summed E-state index contributed by atoms with van der Waals surface area (Å²) in [4.78, 5) is 9.60. The summed E-state index contributed by atoms with van der Waals surface area (Å²) in [7, 11) is 0. The van der Waals surface area contributed by atoms with Gasteiger partial charge in [-0.3, -0.25) is 5.32 Å². The molecule has 1 unspecified atom stereocenters. The summed E-state index contributed by atoms with van der Waals surface area (Å²) in [6, 6.07) is 0. The summed E-state index contributed by atoms with van der Waals surface area (Å²) in [5, 5.41) is 19.3. The molecule has 0 aromatic carbocycles. The standard InChI is InChI=1S/C6H11NO2.C4H6O2/c8-4-1-2-6-7-3-5-9-6;1-3(2)4(5)6/h1,4,6-8H,2-3,5H2;1H2,2H3,(H,5,6). The summed E-state index contributed by atoms with van der Waals surface area (Å²) >= 11 is 0. The summed E-state index contributed by atoms with van der Waals surface area (Å²) in [5.74, 6) is -0.935. The number of hydrogen-bond donors (Lipinski definition) is 3. The van der Waals surface area contributed by atoms with E-state index in [1.165, 1.54) is 6.92 Å². The van der Waals surface area contributed by atoms with Gasteiger partial charge in [0.2, 0.25) is 0 Å². The molecule has 0 saturated carbocycles. The maximum absolute atomic E-state index is 9.60. The highest BCUT2D eigenvalue weighted by atomic mass is 16.5. The maximum atomic E-state index is 9.60. The van der Waals surface area contributed by atoms with E-state index in [9.17, 15) is 4.79 Å². The molecule has 0 aromatic rings. The van der Waals surface area contributed by atoms with Crippen molar-refractivity contribution in [2.75, 3.05) is 13.2 Å². The molecule has 0 radical (unpaired) electrons. The first-order chi connectivity index (χ1) is 7.07. The van der Waals surface area contributed by atoms with Gasteiger partial charge in [-0.15, -0.1) is 0 Å². The number of aliphatic hydroxyl groups excluding tert-OH is 1. The highest BCUT2D eigenvalue weighted by Crippen LogP contribution is 2.00. The Morgan fingerprint density at radius 2 is 2.33 bits per heavy atom. The quantitative estimate of drug-likeness (QED) is 0.484. The van der Waals surface area contributed by atoms with E-state index in [0.29, 0.717) is 0 Å². The lowest BCUT2D eigenvalue weighted by Gasteiger charge is -2.03. The minimum Gasteiger partial charge on any atom is -0.516 e. The molecule has 5 nitrogen and oxygen atoms in total. The minimum atomic E-state index is -0.935. The molecule has 1 heterocycles.